The van der Waals surface area contributed by atoms with Gasteiger partial charge in [-0.1, -0.05) is 18.2 Å². The van der Waals surface area contributed by atoms with Gasteiger partial charge in [0.25, 0.3) is 0 Å². The van der Waals surface area contributed by atoms with E-state index in [0.717, 1.165) is 6.42 Å². The highest BCUT2D eigenvalue weighted by atomic mass is 15.1. The molecule has 2 rings (SSSR count). The Hall–Kier alpha value is -1.61. The lowest BCUT2D eigenvalue weighted by Gasteiger charge is -2.14. The van der Waals surface area contributed by atoms with Crippen LogP contribution in [0.3, 0.4) is 0 Å². The number of hydrogen-bond acceptors (Lipinski definition) is 2. The lowest BCUT2D eigenvalue weighted by Crippen LogP contribution is -2.23. The Bertz CT molecular complexity index is 528. The summed E-state index contributed by atoms with van der Waals surface area (Å²) in [4.78, 5) is 4.28. The third kappa shape index (κ3) is 3.24. The predicted octanol–water partition coefficient (Wildman–Crippen LogP) is 3.28. The van der Waals surface area contributed by atoms with E-state index in [2.05, 4.69) is 59.9 Å². The van der Waals surface area contributed by atoms with Crippen molar-refractivity contribution in [3.8, 4) is 11.3 Å². The van der Waals surface area contributed by atoms with Gasteiger partial charge in [-0.25, -0.2) is 4.98 Å². The molecule has 0 saturated carbocycles. The quantitative estimate of drug-likeness (QED) is 0.891. The van der Waals surface area contributed by atoms with Gasteiger partial charge < -0.3 is 9.88 Å². The monoisotopic (exact) mass is 257 g/mol. The molecule has 0 aliphatic carbocycles. The van der Waals surface area contributed by atoms with Crippen molar-refractivity contribution in [1.29, 1.82) is 0 Å². The smallest absolute Gasteiger partial charge is 0.0953 e. The van der Waals surface area contributed by atoms with E-state index in [4.69, 9.17) is 0 Å². The molecule has 0 spiro atoms. The lowest BCUT2D eigenvalue weighted by atomic mass is 10.0. The second-order valence-electron chi connectivity index (χ2n) is 5.37. The average molecular weight is 257 g/mol. The first kappa shape index (κ1) is 13.8. The largest absolute Gasteiger partial charge is 0.328 e. The van der Waals surface area contributed by atoms with Gasteiger partial charge in [-0.3, -0.25) is 0 Å². The average Bonchev–Trinajstić information content (AvgIpc) is 2.88. The van der Waals surface area contributed by atoms with Crippen LogP contribution in [0.4, 0.5) is 0 Å². The van der Waals surface area contributed by atoms with E-state index < -0.39 is 0 Å². The summed E-state index contributed by atoms with van der Waals surface area (Å²) >= 11 is 0. The fourth-order valence-electron chi connectivity index (χ4n) is 2.25. The summed E-state index contributed by atoms with van der Waals surface area (Å²) in [7, 11) is 2.00. The number of nitrogens with zero attached hydrogens (tertiary/aromatic N) is 2. The highest BCUT2D eigenvalue weighted by Gasteiger charge is 2.09. The molecule has 1 heterocycles. The van der Waals surface area contributed by atoms with Crippen LogP contribution in [0.25, 0.3) is 11.3 Å². The maximum absolute atomic E-state index is 4.28. The molecule has 0 fully saturated rings. The number of likely N-dealkylation sites (N-methyl/N-ethyl adjacent to an activating group) is 1. The minimum atomic E-state index is 0.428. The second kappa shape index (κ2) is 6.02. The SMILES string of the molecule is CNC(C)Cc1cccc(-c2cncn2C(C)C)c1. The lowest BCUT2D eigenvalue weighted by molar-refractivity contribution is 0.604. The molecule has 19 heavy (non-hydrogen) atoms. The summed E-state index contributed by atoms with van der Waals surface area (Å²) < 4.78 is 2.21. The molecule has 0 radical (unpaired) electrons. The van der Waals surface area contributed by atoms with Crippen LogP contribution < -0.4 is 5.32 Å². The normalized spacial score (nSPS) is 12.9. The number of nitrogens with one attached hydrogen (secondary N) is 1. The third-order valence-electron chi connectivity index (χ3n) is 3.48. The Balaban J connectivity index is 2.30. The molecular weight excluding hydrogens is 234 g/mol. The zero-order valence-corrected chi connectivity index (χ0v) is 12.2. The summed E-state index contributed by atoms with van der Waals surface area (Å²) in [6.45, 7) is 6.56. The number of rotatable bonds is 5. The van der Waals surface area contributed by atoms with Gasteiger partial charge in [0, 0.05) is 17.6 Å². The van der Waals surface area contributed by atoms with Crippen molar-refractivity contribution in [1.82, 2.24) is 14.9 Å². The summed E-state index contributed by atoms with van der Waals surface area (Å²) in [6, 6.07) is 9.66. The number of benzene rings is 1. The van der Waals surface area contributed by atoms with Crippen LogP contribution >= 0.6 is 0 Å². The maximum atomic E-state index is 4.28. The highest BCUT2D eigenvalue weighted by molar-refractivity contribution is 5.60. The molecule has 1 N–H and O–H groups in total. The van der Waals surface area contributed by atoms with Gasteiger partial charge in [-0.15, -0.1) is 0 Å². The number of hydrogen-bond donors (Lipinski definition) is 1. The molecule has 1 unspecified atom stereocenters. The Morgan fingerprint density at radius 1 is 1.26 bits per heavy atom. The van der Waals surface area contributed by atoms with E-state index in [1.807, 2.05) is 19.6 Å². The van der Waals surface area contributed by atoms with Gasteiger partial charge >= 0.3 is 0 Å². The first-order valence-corrected chi connectivity index (χ1v) is 6.90. The van der Waals surface area contributed by atoms with Crippen molar-refractivity contribution in [2.24, 2.45) is 0 Å². The van der Waals surface area contributed by atoms with Crippen LogP contribution in [0.1, 0.15) is 32.4 Å². The molecule has 3 nitrogen and oxygen atoms in total. The van der Waals surface area contributed by atoms with Crippen molar-refractivity contribution in [2.75, 3.05) is 7.05 Å². The summed E-state index contributed by atoms with van der Waals surface area (Å²) in [5.41, 5.74) is 3.79. The molecule has 2 aromatic rings. The Morgan fingerprint density at radius 2 is 2.05 bits per heavy atom. The van der Waals surface area contributed by atoms with Gasteiger partial charge in [-0.2, -0.15) is 0 Å². The van der Waals surface area contributed by atoms with Gasteiger partial charge in [-0.05, 0) is 45.9 Å². The second-order valence-corrected chi connectivity index (χ2v) is 5.37. The Morgan fingerprint density at radius 3 is 2.74 bits per heavy atom. The molecule has 0 amide bonds. The van der Waals surface area contributed by atoms with Crippen LogP contribution in [0.15, 0.2) is 36.8 Å². The Kier molecular flexibility index (Phi) is 4.38. The van der Waals surface area contributed by atoms with E-state index >= 15 is 0 Å². The van der Waals surface area contributed by atoms with Crippen molar-refractivity contribution in [2.45, 2.75) is 39.3 Å². The van der Waals surface area contributed by atoms with E-state index in [-0.39, 0.29) is 0 Å². The molecule has 0 saturated heterocycles. The minimum absolute atomic E-state index is 0.428. The summed E-state index contributed by atoms with van der Waals surface area (Å²) in [5.74, 6) is 0. The van der Waals surface area contributed by atoms with E-state index in [9.17, 15) is 0 Å². The van der Waals surface area contributed by atoms with Crippen molar-refractivity contribution < 1.29 is 0 Å². The zero-order chi connectivity index (χ0) is 13.8. The van der Waals surface area contributed by atoms with Crippen LogP contribution in [0, 0.1) is 0 Å². The van der Waals surface area contributed by atoms with E-state index in [1.54, 1.807) is 0 Å². The molecule has 0 aliphatic heterocycles. The van der Waals surface area contributed by atoms with Crippen LogP contribution in [-0.4, -0.2) is 22.6 Å². The van der Waals surface area contributed by atoms with Gasteiger partial charge in [0.1, 0.15) is 0 Å². The molecule has 3 heteroatoms. The highest BCUT2D eigenvalue weighted by Crippen LogP contribution is 2.23. The summed E-state index contributed by atoms with van der Waals surface area (Å²) in [5, 5.41) is 3.28. The zero-order valence-electron chi connectivity index (χ0n) is 12.2. The van der Waals surface area contributed by atoms with Gasteiger partial charge in [0.2, 0.25) is 0 Å². The van der Waals surface area contributed by atoms with Gasteiger partial charge in [0.05, 0.1) is 18.2 Å². The van der Waals surface area contributed by atoms with Crippen molar-refractivity contribution in [3.05, 3.63) is 42.4 Å². The maximum Gasteiger partial charge on any atom is 0.0953 e. The van der Waals surface area contributed by atoms with Crippen LogP contribution in [-0.2, 0) is 6.42 Å². The first-order chi connectivity index (χ1) is 9.11. The number of imidazole rings is 1. The fraction of sp³-hybridized carbons (Fsp3) is 0.438. The molecule has 102 valence electrons. The molecule has 0 bridgehead atoms. The van der Waals surface area contributed by atoms with Crippen molar-refractivity contribution in [3.63, 3.8) is 0 Å². The van der Waals surface area contributed by atoms with E-state index in [1.165, 1.54) is 16.8 Å². The molecular formula is C16H23N3. The topological polar surface area (TPSA) is 29.9 Å². The predicted molar refractivity (Wildman–Crippen MR) is 80.3 cm³/mol. The third-order valence-corrected chi connectivity index (χ3v) is 3.48. The first-order valence-electron chi connectivity index (χ1n) is 6.90. The Labute approximate surface area is 115 Å². The molecule has 1 aromatic carbocycles. The van der Waals surface area contributed by atoms with Crippen LogP contribution in [0.5, 0.6) is 0 Å². The molecule has 1 aromatic heterocycles. The van der Waals surface area contributed by atoms with Gasteiger partial charge in [0.15, 0.2) is 0 Å². The standard InChI is InChI=1S/C16H23N3/c1-12(2)19-11-18-10-16(19)15-7-5-6-14(9-15)8-13(3)17-4/h5-7,9-13,17H,8H2,1-4H3. The van der Waals surface area contributed by atoms with Crippen LogP contribution in [0.2, 0.25) is 0 Å². The fourth-order valence-corrected chi connectivity index (χ4v) is 2.25. The minimum Gasteiger partial charge on any atom is -0.328 e. The van der Waals surface area contributed by atoms with Crippen molar-refractivity contribution >= 4 is 0 Å². The molecule has 1 atom stereocenters. The van der Waals surface area contributed by atoms with E-state index in [0.29, 0.717) is 12.1 Å². The summed E-state index contributed by atoms with van der Waals surface area (Å²) in [6.07, 6.45) is 4.89. The molecule has 0 aliphatic rings. The number of aromatic nitrogens is 2.